The van der Waals surface area contributed by atoms with E-state index in [0.29, 0.717) is 16.9 Å². The Bertz CT molecular complexity index is 896. The maximum Gasteiger partial charge on any atom is 0.316 e. The lowest BCUT2D eigenvalue weighted by Crippen LogP contribution is -2.23. The number of benzene rings is 2. The van der Waals surface area contributed by atoms with Crippen LogP contribution >= 0.6 is 11.8 Å². The Labute approximate surface area is 173 Å². The summed E-state index contributed by atoms with van der Waals surface area (Å²) >= 11 is 1.09. The van der Waals surface area contributed by atoms with Gasteiger partial charge in [-0.15, -0.1) is 11.8 Å². The van der Waals surface area contributed by atoms with Gasteiger partial charge in [-0.3, -0.25) is 19.2 Å². The Kier molecular flexibility index (Phi) is 8.42. The van der Waals surface area contributed by atoms with Crippen molar-refractivity contribution >= 4 is 46.7 Å². The van der Waals surface area contributed by atoms with Gasteiger partial charge in [0.25, 0.3) is 5.91 Å². The summed E-state index contributed by atoms with van der Waals surface area (Å²) in [7, 11) is 0. The number of ketones is 1. The van der Waals surface area contributed by atoms with Crippen molar-refractivity contribution in [3.05, 3.63) is 59.7 Å². The van der Waals surface area contributed by atoms with Gasteiger partial charge in [0, 0.05) is 11.3 Å². The van der Waals surface area contributed by atoms with E-state index in [1.54, 1.807) is 36.4 Å². The Hall–Kier alpha value is -3.13. The van der Waals surface area contributed by atoms with Crippen LogP contribution in [0.5, 0.6) is 0 Å². The van der Waals surface area contributed by atoms with Crippen molar-refractivity contribution in [3.63, 3.8) is 0 Å². The molecule has 2 rings (SSSR count). The second kappa shape index (κ2) is 11.0. The zero-order valence-electron chi connectivity index (χ0n) is 16.2. The molecule has 0 unspecified atom stereocenters. The van der Waals surface area contributed by atoms with Crippen molar-refractivity contribution in [2.45, 2.75) is 13.8 Å². The molecule has 8 heteroatoms. The van der Waals surface area contributed by atoms with Crippen LogP contribution in [0.2, 0.25) is 0 Å². The molecule has 0 aliphatic heterocycles. The van der Waals surface area contributed by atoms with E-state index in [9.17, 15) is 19.2 Å². The van der Waals surface area contributed by atoms with Crippen LogP contribution in [-0.4, -0.2) is 41.7 Å². The number of aryl methyl sites for hydroxylation is 1. The van der Waals surface area contributed by atoms with Gasteiger partial charge in [0.15, 0.2) is 12.4 Å². The molecule has 0 fully saturated rings. The van der Waals surface area contributed by atoms with Crippen LogP contribution in [0.15, 0.2) is 48.5 Å². The zero-order valence-corrected chi connectivity index (χ0v) is 17.0. The lowest BCUT2D eigenvalue weighted by Gasteiger charge is -2.09. The number of Topliss-reactive ketones (excluding diaryl/α,β-unsaturated/α-hetero) is 1. The summed E-state index contributed by atoms with van der Waals surface area (Å²) in [6.45, 7) is 2.88. The SMILES string of the molecule is CC(=O)c1ccccc1NC(=O)COC(=O)CSCC(=O)Nc1ccc(C)cc1. The molecule has 2 N–H and O–H groups in total. The predicted octanol–water partition coefficient (Wildman–Crippen LogP) is 3.05. The fraction of sp³-hybridized carbons (Fsp3) is 0.238. The van der Waals surface area contributed by atoms with Crippen LogP contribution in [0.4, 0.5) is 11.4 Å². The summed E-state index contributed by atoms with van der Waals surface area (Å²) in [4.78, 5) is 47.1. The highest BCUT2D eigenvalue weighted by Crippen LogP contribution is 2.15. The highest BCUT2D eigenvalue weighted by molar-refractivity contribution is 8.00. The quantitative estimate of drug-likeness (QED) is 0.483. The number of ether oxygens (including phenoxy) is 1. The highest BCUT2D eigenvalue weighted by atomic mass is 32.2. The number of hydrogen-bond acceptors (Lipinski definition) is 6. The Morgan fingerprint density at radius 1 is 0.897 bits per heavy atom. The van der Waals surface area contributed by atoms with E-state index in [1.165, 1.54) is 6.92 Å². The van der Waals surface area contributed by atoms with Gasteiger partial charge in [0.2, 0.25) is 5.91 Å². The standard InChI is InChI=1S/C21H22N2O5S/c1-14-7-9-16(10-8-14)22-20(26)12-29-13-21(27)28-11-19(25)23-18-6-4-3-5-17(18)15(2)24/h3-10H,11-13H2,1-2H3,(H,22,26)(H,23,25). The smallest absolute Gasteiger partial charge is 0.316 e. The fourth-order valence-electron chi connectivity index (χ4n) is 2.33. The normalized spacial score (nSPS) is 10.1. The summed E-state index contributed by atoms with van der Waals surface area (Å²) in [5, 5.41) is 5.28. The molecule has 0 aromatic heterocycles. The van der Waals surface area contributed by atoms with E-state index in [1.807, 2.05) is 19.1 Å². The molecule has 2 amide bonds. The maximum absolute atomic E-state index is 11.9. The van der Waals surface area contributed by atoms with Crippen LogP contribution < -0.4 is 10.6 Å². The number of thioether (sulfide) groups is 1. The number of hydrogen-bond donors (Lipinski definition) is 2. The Morgan fingerprint density at radius 2 is 1.59 bits per heavy atom. The van der Waals surface area contributed by atoms with E-state index >= 15 is 0 Å². The average molecular weight is 414 g/mol. The van der Waals surface area contributed by atoms with Gasteiger partial charge in [-0.25, -0.2) is 0 Å². The third-order valence-electron chi connectivity index (χ3n) is 3.73. The molecule has 0 heterocycles. The maximum atomic E-state index is 11.9. The first-order chi connectivity index (χ1) is 13.8. The molecule has 2 aromatic rings. The number of nitrogens with one attached hydrogen (secondary N) is 2. The van der Waals surface area contributed by atoms with E-state index in [4.69, 9.17) is 4.74 Å². The third kappa shape index (κ3) is 7.79. The zero-order chi connectivity index (χ0) is 21.2. The van der Waals surface area contributed by atoms with Crippen molar-refractivity contribution in [2.75, 3.05) is 28.7 Å². The molecular formula is C21H22N2O5S. The lowest BCUT2D eigenvalue weighted by atomic mass is 10.1. The minimum absolute atomic E-state index is 0.0569. The van der Waals surface area contributed by atoms with Crippen molar-refractivity contribution < 1.29 is 23.9 Å². The molecule has 0 saturated carbocycles. The highest BCUT2D eigenvalue weighted by Gasteiger charge is 2.12. The first-order valence-corrected chi connectivity index (χ1v) is 10.0. The van der Waals surface area contributed by atoms with Crippen molar-refractivity contribution in [1.29, 1.82) is 0 Å². The van der Waals surface area contributed by atoms with Crippen LogP contribution in [0.25, 0.3) is 0 Å². The molecule has 0 bridgehead atoms. The molecule has 29 heavy (non-hydrogen) atoms. The van der Waals surface area contributed by atoms with Gasteiger partial charge < -0.3 is 15.4 Å². The number of esters is 1. The molecule has 7 nitrogen and oxygen atoms in total. The molecule has 0 radical (unpaired) electrons. The number of para-hydroxylation sites is 1. The number of carbonyl (C=O) groups is 4. The summed E-state index contributed by atoms with van der Waals surface area (Å²) < 4.78 is 4.90. The molecule has 0 spiro atoms. The Morgan fingerprint density at radius 3 is 2.28 bits per heavy atom. The molecule has 0 aliphatic carbocycles. The molecular weight excluding hydrogens is 392 g/mol. The second-order valence-corrected chi connectivity index (χ2v) is 7.20. The van der Waals surface area contributed by atoms with Crippen LogP contribution in [0.3, 0.4) is 0 Å². The Balaban J connectivity index is 1.68. The van der Waals surface area contributed by atoms with E-state index < -0.39 is 18.5 Å². The number of rotatable bonds is 9. The van der Waals surface area contributed by atoms with Gasteiger partial charge >= 0.3 is 5.97 Å². The van der Waals surface area contributed by atoms with Crippen LogP contribution in [0.1, 0.15) is 22.8 Å². The first-order valence-electron chi connectivity index (χ1n) is 8.85. The van der Waals surface area contributed by atoms with E-state index in [2.05, 4.69) is 10.6 Å². The van der Waals surface area contributed by atoms with E-state index in [0.717, 1.165) is 17.3 Å². The fourth-order valence-corrected chi connectivity index (χ4v) is 2.94. The molecule has 0 aliphatic rings. The molecule has 2 aromatic carbocycles. The van der Waals surface area contributed by atoms with Crippen molar-refractivity contribution in [1.82, 2.24) is 0 Å². The van der Waals surface area contributed by atoms with Gasteiger partial charge in [0.1, 0.15) is 0 Å². The summed E-state index contributed by atoms with van der Waals surface area (Å²) in [5.41, 5.74) is 2.52. The minimum Gasteiger partial charge on any atom is -0.455 e. The van der Waals surface area contributed by atoms with Crippen molar-refractivity contribution in [2.24, 2.45) is 0 Å². The summed E-state index contributed by atoms with van der Waals surface area (Å²) in [5.74, 6) is -1.54. The second-order valence-electron chi connectivity index (χ2n) is 6.22. The largest absolute Gasteiger partial charge is 0.455 e. The van der Waals surface area contributed by atoms with Gasteiger partial charge in [-0.1, -0.05) is 29.8 Å². The number of anilines is 2. The predicted molar refractivity (Wildman–Crippen MR) is 113 cm³/mol. The minimum atomic E-state index is -0.604. The lowest BCUT2D eigenvalue weighted by molar-refractivity contribution is -0.144. The number of amides is 2. The first kappa shape index (κ1) is 22.2. The monoisotopic (exact) mass is 414 g/mol. The third-order valence-corrected chi connectivity index (χ3v) is 4.64. The van der Waals surface area contributed by atoms with E-state index in [-0.39, 0.29) is 23.2 Å². The molecule has 0 saturated heterocycles. The van der Waals surface area contributed by atoms with Gasteiger partial charge in [-0.05, 0) is 38.1 Å². The molecule has 0 atom stereocenters. The van der Waals surface area contributed by atoms with Crippen molar-refractivity contribution in [3.8, 4) is 0 Å². The van der Waals surface area contributed by atoms with Crippen LogP contribution in [0, 0.1) is 6.92 Å². The molecule has 152 valence electrons. The average Bonchev–Trinajstić information content (AvgIpc) is 2.68. The summed E-state index contributed by atoms with van der Waals surface area (Å²) in [6, 6.07) is 14.0. The topological polar surface area (TPSA) is 102 Å². The van der Waals surface area contributed by atoms with Gasteiger partial charge in [-0.2, -0.15) is 0 Å². The number of carbonyl (C=O) groups excluding carboxylic acids is 4. The van der Waals surface area contributed by atoms with Gasteiger partial charge in [0.05, 0.1) is 17.2 Å². The van der Waals surface area contributed by atoms with Crippen LogP contribution in [-0.2, 0) is 19.1 Å². The summed E-state index contributed by atoms with van der Waals surface area (Å²) in [6.07, 6.45) is 0.